The van der Waals surface area contributed by atoms with Crippen molar-refractivity contribution in [2.45, 2.75) is 6.61 Å². The van der Waals surface area contributed by atoms with Crippen molar-refractivity contribution in [1.82, 2.24) is 10.4 Å². The summed E-state index contributed by atoms with van der Waals surface area (Å²) in [4.78, 5) is 15.7. The molecular formula is C19H17N3O4. The van der Waals surface area contributed by atoms with Gasteiger partial charge in [0.05, 0.1) is 13.3 Å². The van der Waals surface area contributed by atoms with E-state index in [1.807, 2.05) is 24.3 Å². The average molecular weight is 351 g/mol. The second kappa shape index (κ2) is 8.48. The second-order valence-electron chi connectivity index (χ2n) is 5.23. The quantitative estimate of drug-likeness (QED) is 0.522. The van der Waals surface area contributed by atoms with E-state index in [-0.39, 0.29) is 5.91 Å². The van der Waals surface area contributed by atoms with E-state index in [1.54, 1.807) is 31.4 Å². The molecule has 2 heterocycles. The third-order valence-corrected chi connectivity index (χ3v) is 3.44. The van der Waals surface area contributed by atoms with Crippen LogP contribution in [0.25, 0.3) is 0 Å². The van der Waals surface area contributed by atoms with Crippen molar-refractivity contribution in [3.63, 3.8) is 0 Å². The number of amides is 1. The summed E-state index contributed by atoms with van der Waals surface area (Å²) < 4.78 is 16.2. The molecule has 1 aromatic carbocycles. The zero-order valence-corrected chi connectivity index (χ0v) is 14.1. The van der Waals surface area contributed by atoms with Crippen molar-refractivity contribution in [1.29, 1.82) is 0 Å². The Morgan fingerprint density at radius 2 is 1.92 bits per heavy atom. The van der Waals surface area contributed by atoms with E-state index in [4.69, 9.17) is 13.9 Å². The molecule has 7 heteroatoms. The van der Waals surface area contributed by atoms with Crippen molar-refractivity contribution in [2.75, 3.05) is 7.11 Å². The van der Waals surface area contributed by atoms with E-state index in [1.165, 1.54) is 18.6 Å². The molecule has 132 valence electrons. The summed E-state index contributed by atoms with van der Waals surface area (Å²) in [6.45, 7) is 0.368. The fourth-order valence-corrected chi connectivity index (χ4v) is 2.08. The molecule has 0 aliphatic carbocycles. The van der Waals surface area contributed by atoms with Crippen LogP contribution in [0.15, 0.2) is 70.4 Å². The fourth-order valence-electron chi connectivity index (χ4n) is 2.08. The lowest BCUT2D eigenvalue weighted by molar-refractivity contribution is 0.0955. The Hall–Kier alpha value is -3.61. The molecule has 2 aromatic heterocycles. The van der Waals surface area contributed by atoms with Gasteiger partial charge in [-0.15, -0.1) is 0 Å². The van der Waals surface area contributed by atoms with Crippen LogP contribution in [-0.2, 0) is 6.61 Å². The molecule has 0 radical (unpaired) electrons. The number of nitrogens with zero attached hydrogens (tertiary/aromatic N) is 2. The summed E-state index contributed by atoms with van der Waals surface area (Å²) >= 11 is 0. The molecule has 3 aromatic rings. The smallest absolute Gasteiger partial charge is 0.285 e. The average Bonchev–Trinajstić information content (AvgIpc) is 3.15. The lowest BCUT2D eigenvalue weighted by atomic mass is 10.2. The normalized spacial score (nSPS) is 10.7. The number of rotatable bonds is 7. The standard InChI is InChI=1S/C19H17N3O4/c1-24-16-4-2-14(3-5-16)13-25-18-7-6-17(26-18)12-21-22-19(23)15-8-10-20-11-9-15/h2-12H,13H2,1H3,(H,22,23)/b21-12-. The van der Waals surface area contributed by atoms with Crippen molar-refractivity contribution in [2.24, 2.45) is 5.10 Å². The predicted molar refractivity (Wildman–Crippen MR) is 95.3 cm³/mol. The monoisotopic (exact) mass is 351 g/mol. The summed E-state index contributed by atoms with van der Waals surface area (Å²) in [6.07, 6.45) is 4.48. The van der Waals surface area contributed by atoms with Crippen LogP contribution in [0.5, 0.6) is 11.7 Å². The van der Waals surface area contributed by atoms with Gasteiger partial charge in [0.25, 0.3) is 11.9 Å². The molecule has 0 fully saturated rings. The molecule has 0 spiro atoms. The Bertz CT molecular complexity index is 873. The molecule has 0 aliphatic rings. The summed E-state index contributed by atoms with van der Waals surface area (Å²) in [6, 6.07) is 14.2. The van der Waals surface area contributed by atoms with Crippen LogP contribution in [0.1, 0.15) is 21.7 Å². The summed E-state index contributed by atoms with van der Waals surface area (Å²) in [5, 5.41) is 3.86. The van der Waals surface area contributed by atoms with Crippen LogP contribution in [0.4, 0.5) is 0 Å². The first kappa shape index (κ1) is 17.2. The number of pyridine rings is 1. The van der Waals surface area contributed by atoms with E-state index in [0.29, 0.717) is 23.9 Å². The van der Waals surface area contributed by atoms with Gasteiger partial charge < -0.3 is 13.9 Å². The molecular weight excluding hydrogens is 334 g/mol. The lowest BCUT2D eigenvalue weighted by Gasteiger charge is -2.04. The summed E-state index contributed by atoms with van der Waals surface area (Å²) in [7, 11) is 1.62. The molecule has 0 aliphatic heterocycles. The van der Waals surface area contributed by atoms with Gasteiger partial charge >= 0.3 is 0 Å². The minimum Gasteiger partial charge on any atom is -0.497 e. The van der Waals surface area contributed by atoms with Gasteiger partial charge in [0, 0.05) is 24.0 Å². The molecule has 0 bridgehead atoms. The number of furan rings is 1. The second-order valence-corrected chi connectivity index (χ2v) is 5.23. The Kier molecular flexibility index (Phi) is 5.61. The van der Waals surface area contributed by atoms with Gasteiger partial charge in [-0.3, -0.25) is 9.78 Å². The van der Waals surface area contributed by atoms with Gasteiger partial charge in [-0.25, -0.2) is 5.43 Å². The number of carbonyl (C=O) groups excluding carboxylic acids is 1. The van der Waals surface area contributed by atoms with Crippen molar-refractivity contribution in [3.05, 3.63) is 77.8 Å². The van der Waals surface area contributed by atoms with Gasteiger partial charge in [-0.1, -0.05) is 12.1 Å². The Morgan fingerprint density at radius 1 is 1.15 bits per heavy atom. The maximum Gasteiger partial charge on any atom is 0.285 e. The maximum absolute atomic E-state index is 11.8. The molecule has 7 nitrogen and oxygen atoms in total. The highest BCUT2D eigenvalue weighted by molar-refractivity contribution is 5.94. The number of nitrogens with one attached hydrogen (secondary N) is 1. The van der Waals surface area contributed by atoms with Crippen LogP contribution in [0.3, 0.4) is 0 Å². The molecule has 26 heavy (non-hydrogen) atoms. The van der Waals surface area contributed by atoms with Crippen LogP contribution in [0, 0.1) is 0 Å². The van der Waals surface area contributed by atoms with Crippen LogP contribution < -0.4 is 14.9 Å². The van der Waals surface area contributed by atoms with E-state index in [0.717, 1.165) is 11.3 Å². The fraction of sp³-hybridized carbons (Fsp3) is 0.105. The lowest BCUT2D eigenvalue weighted by Crippen LogP contribution is -2.17. The number of ether oxygens (including phenoxy) is 2. The molecule has 0 unspecified atom stereocenters. The molecule has 3 rings (SSSR count). The van der Waals surface area contributed by atoms with E-state index in [9.17, 15) is 4.79 Å². The molecule has 0 atom stereocenters. The number of methoxy groups -OCH3 is 1. The number of benzene rings is 1. The molecule has 1 amide bonds. The van der Waals surface area contributed by atoms with E-state index >= 15 is 0 Å². The highest BCUT2D eigenvalue weighted by atomic mass is 16.6. The number of hydrogen-bond donors (Lipinski definition) is 1. The molecule has 1 N–H and O–H groups in total. The number of hydrogen-bond acceptors (Lipinski definition) is 6. The van der Waals surface area contributed by atoms with Gasteiger partial charge in [0.1, 0.15) is 12.4 Å². The summed E-state index contributed by atoms with van der Waals surface area (Å²) in [5.41, 5.74) is 3.88. The van der Waals surface area contributed by atoms with Gasteiger partial charge in [-0.2, -0.15) is 5.10 Å². The highest BCUT2D eigenvalue weighted by Gasteiger charge is 2.04. The zero-order valence-electron chi connectivity index (χ0n) is 14.1. The maximum atomic E-state index is 11.8. The number of aromatic nitrogens is 1. The van der Waals surface area contributed by atoms with E-state index < -0.39 is 0 Å². The first-order valence-corrected chi connectivity index (χ1v) is 7.83. The van der Waals surface area contributed by atoms with Gasteiger partial charge in [0.2, 0.25) is 0 Å². The van der Waals surface area contributed by atoms with Crippen LogP contribution >= 0.6 is 0 Å². The Balaban J connectivity index is 1.50. The van der Waals surface area contributed by atoms with Gasteiger partial charge in [0.15, 0.2) is 5.76 Å². The number of carbonyl (C=O) groups is 1. The largest absolute Gasteiger partial charge is 0.497 e. The van der Waals surface area contributed by atoms with E-state index in [2.05, 4.69) is 15.5 Å². The SMILES string of the molecule is COc1ccc(COc2ccc(/C=N\NC(=O)c3ccncc3)o2)cc1. The minimum atomic E-state index is -0.328. The van der Waals surface area contributed by atoms with Crippen molar-refractivity contribution in [3.8, 4) is 11.7 Å². The first-order valence-electron chi connectivity index (χ1n) is 7.83. The predicted octanol–water partition coefficient (Wildman–Crippen LogP) is 3.03. The Labute approximate surface area is 150 Å². The van der Waals surface area contributed by atoms with Crippen LogP contribution in [-0.4, -0.2) is 24.2 Å². The summed E-state index contributed by atoms with van der Waals surface area (Å²) in [5.74, 6) is 1.29. The van der Waals surface area contributed by atoms with Crippen LogP contribution in [0.2, 0.25) is 0 Å². The first-order chi connectivity index (χ1) is 12.7. The molecule has 0 saturated heterocycles. The number of hydrazone groups is 1. The van der Waals surface area contributed by atoms with Gasteiger partial charge in [-0.05, 0) is 35.9 Å². The van der Waals surface area contributed by atoms with Crippen molar-refractivity contribution >= 4 is 12.1 Å². The van der Waals surface area contributed by atoms with Crippen molar-refractivity contribution < 1.29 is 18.7 Å². The molecule has 0 saturated carbocycles. The Morgan fingerprint density at radius 3 is 2.65 bits per heavy atom. The third kappa shape index (κ3) is 4.70. The highest BCUT2D eigenvalue weighted by Crippen LogP contribution is 2.17. The topological polar surface area (TPSA) is 86.0 Å². The zero-order chi connectivity index (χ0) is 18.2. The third-order valence-electron chi connectivity index (χ3n) is 3.44. The minimum absolute atomic E-state index is 0.328.